The van der Waals surface area contributed by atoms with E-state index in [2.05, 4.69) is 19.8 Å². The molecule has 1 N–H and O–H groups in total. The molecule has 29 heavy (non-hydrogen) atoms. The summed E-state index contributed by atoms with van der Waals surface area (Å²) < 4.78 is 0. The zero-order valence-corrected chi connectivity index (χ0v) is 17.0. The zero-order chi connectivity index (χ0) is 20.3. The Bertz CT molecular complexity index is 702. The number of rotatable bonds is 6. The number of piperazine rings is 1. The van der Waals surface area contributed by atoms with Crippen molar-refractivity contribution < 1.29 is 14.7 Å². The molecule has 1 spiro atoms. The van der Waals surface area contributed by atoms with Crippen LogP contribution < -0.4 is 4.90 Å². The van der Waals surface area contributed by atoms with E-state index in [4.69, 9.17) is 0 Å². The van der Waals surface area contributed by atoms with E-state index in [1.165, 1.54) is 4.90 Å². The van der Waals surface area contributed by atoms with Crippen LogP contribution >= 0.6 is 0 Å². The van der Waals surface area contributed by atoms with Gasteiger partial charge in [-0.05, 0) is 50.1 Å². The number of amides is 2. The topological polar surface area (TPSA) is 89.9 Å². The summed E-state index contributed by atoms with van der Waals surface area (Å²) in [6, 6.07) is 1.83. The fourth-order valence-corrected chi connectivity index (χ4v) is 5.01. The second-order valence-electron chi connectivity index (χ2n) is 8.77. The van der Waals surface area contributed by atoms with Crippen LogP contribution in [0, 0.1) is 5.41 Å². The van der Waals surface area contributed by atoms with E-state index in [-0.39, 0.29) is 23.3 Å². The highest BCUT2D eigenvalue weighted by molar-refractivity contribution is 5.98. The van der Waals surface area contributed by atoms with Crippen LogP contribution in [0.3, 0.4) is 0 Å². The highest BCUT2D eigenvalue weighted by Crippen LogP contribution is 2.47. The Labute approximate surface area is 171 Å². The molecule has 4 rings (SSSR count). The van der Waals surface area contributed by atoms with Crippen molar-refractivity contribution in [2.45, 2.75) is 51.0 Å². The third-order valence-corrected chi connectivity index (χ3v) is 6.64. The Kier molecular flexibility index (Phi) is 6.10. The summed E-state index contributed by atoms with van der Waals surface area (Å²) in [4.78, 5) is 39.8. The second-order valence-corrected chi connectivity index (χ2v) is 8.77. The van der Waals surface area contributed by atoms with Crippen LogP contribution in [0.1, 0.15) is 44.9 Å². The predicted octanol–water partition coefficient (Wildman–Crippen LogP) is 1.06. The fourth-order valence-electron chi connectivity index (χ4n) is 5.01. The number of piperidine rings is 1. The number of hydrogen-bond donors (Lipinski definition) is 1. The van der Waals surface area contributed by atoms with Gasteiger partial charge in [0, 0.05) is 58.0 Å². The maximum Gasteiger partial charge on any atom is 0.229 e. The lowest BCUT2D eigenvalue weighted by atomic mass is 9.76. The Hall–Kier alpha value is -2.06. The first-order valence-corrected chi connectivity index (χ1v) is 10.8. The maximum absolute atomic E-state index is 12.5. The lowest BCUT2D eigenvalue weighted by molar-refractivity contribution is -0.153. The van der Waals surface area contributed by atoms with Crippen LogP contribution in [0.25, 0.3) is 0 Å². The summed E-state index contributed by atoms with van der Waals surface area (Å²) in [7, 11) is 0. The quantitative estimate of drug-likeness (QED) is 0.563. The molecule has 0 radical (unpaired) electrons. The number of anilines is 1. The number of aliphatic hydroxyl groups is 1. The average Bonchev–Trinajstić information content (AvgIpc) is 3.07. The number of imide groups is 1. The van der Waals surface area contributed by atoms with Gasteiger partial charge in [-0.25, -0.2) is 9.97 Å². The molecule has 158 valence electrons. The second kappa shape index (κ2) is 8.75. The van der Waals surface area contributed by atoms with Gasteiger partial charge in [-0.2, -0.15) is 0 Å². The van der Waals surface area contributed by atoms with Crippen molar-refractivity contribution in [1.82, 2.24) is 19.8 Å². The third-order valence-electron chi connectivity index (χ3n) is 6.64. The first kappa shape index (κ1) is 20.2. The van der Waals surface area contributed by atoms with E-state index in [9.17, 15) is 14.7 Å². The molecule has 1 atom stereocenters. The highest BCUT2D eigenvalue weighted by atomic mass is 16.3. The number of aliphatic hydroxyl groups excluding tert-OH is 1. The molecule has 3 aliphatic rings. The van der Waals surface area contributed by atoms with Crippen molar-refractivity contribution in [2.24, 2.45) is 5.41 Å². The molecular weight excluding hydrogens is 370 g/mol. The number of unbranched alkanes of at least 4 members (excludes halogenated alkanes) is 1. The molecular formula is C21H31N5O3. The normalized spacial score (nSPS) is 25.2. The van der Waals surface area contributed by atoms with Crippen molar-refractivity contribution in [2.75, 3.05) is 44.2 Å². The van der Waals surface area contributed by atoms with Crippen molar-refractivity contribution in [3.63, 3.8) is 0 Å². The smallest absolute Gasteiger partial charge is 0.229 e. The number of likely N-dealkylation sites (tertiary alicyclic amines) is 1. The molecule has 2 amide bonds. The minimum absolute atomic E-state index is 0.0492. The molecule has 1 unspecified atom stereocenters. The van der Waals surface area contributed by atoms with Crippen LogP contribution in [-0.4, -0.2) is 82.1 Å². The molecule has 1 saturated carbocycles. The lowest BCUT2D eigenvalue weighted by Crippen LogP contribution is -2.48. The standard InChI is InChI=1S/C21H31N5O3/c27-17-4-5-21(14-17)15-18(28)26(19(29)16-21)9-2-1-8-24-10-12-25(13-11-24)20-22-6-3-7-23-20/h3,6-7,17,27H,1-2,4-5,8-16H2. The molecule has 0 aromatic carbocycles. The van der Waals surface area contributed by atoms with Gasteiger partial charge in [-0.1, -0.05) is 0 Å². The molecule has 8 nitrogen and oxygen atoms in total. The molecule has 2 saturated heterocycles. The summed E-state index contributed by atoms with van der Waals surface area (Å²) in [5, 5.41) is 9.81. The SMILES string of the molecule is O=C1CC2(CCC(O)C2)CC(=O)N1CCCCN1CCN(c2ncccn2)CC1. The van der Waals surface area contributed by atoms with E-state index in [0.717, 1.165) is 57.9 Å². The average molecular weight is 402 g/mol. The molecule has 3 fully saturated rings. The first-order chi connectivity index (χ1) is 14.0. The van der Waals surface area contributed by atoms with Crippen molar-refractivity contribution in [3.05, 3.63) is 18.5 Å². The van der Waals surface area contributed by atoms with E-state index in [0.29, 0.717) is 32.2 Å². The molecule has 2 aliphatic heterocycles. The van der Waals surface area contributed by atoms with E-state index in [1.807, 2.05) is 6.07 Å². The Morgan fingerprint density at radius 3 is 2.28 bits per heavy atom. The minimum atomic E-state index is -0.351. The molecule has 0 bridgehead atoms. The van der Waals surface area contributed by atoms with Crippen molar-refractivity contribution in [1.29, 1.82) is 0 Å². The van der Waals surface area contributed by atoms with Gasteiger partial charge in [0.2, 0.25) is 17.8 Å². The summed E-state index contributed by atoms with van der Waals surface area (Å²) in [6.07, 6.45) is 7.94. The van der Waals surface area contributed by atoms with E-state index >= 15 is 0 Å². The minimum Gasteiger partial charge on any atom is -0.393 e. The molecule has 1 aromatic rings. The van der Waals surface area contributed by atoms with Gasteiger partial charge in [0.1, 0.15) is 0 Å². The van der Waals surface area contributed by atoms with Gasteiger partial charge in [0.25, 0.3) is 0 Å². The van der Waals surface area contributed by atoms with Crippen molar-refractivity contribution in [3.8, 4) is 0 Å². The number of aromatic nitrogens is 2. The lowest BCUT2D eigenvalue weighted by Gasteiger charge is -2.37. The first-order valence-electron chi connectivity index (χ1n) is 10.8. The highest BCUT2D eigenvalue weighted by Gasteiger charge is 2.47. The van der Waals surface area contributed by atoms with Gasteiger partial charge in [0.05, 0.1) is 6.10 Å². The van der Waals surface area contributed by atoms with Crippen LogP contribution in [0.2, 0.25) is 0 Å². The molecule has 3 heterocycles. The number of carbonyl (C=O) groups is 2. The number of hydrogen-bond acceptors (Lipinski definition) is 7. The Morgan fingerprint density at radius 1 is 1.00 bits per heavy atom. The Balaban J connectivity index is 1.16. The molecule has 1 aromatic heterocycles. The summed E-state index contributed by atoms with van der Waals surface area (Å²) in [6.45, 7) is 5.29. The van der Waals surface area contributed by atoms with Crippen LogP contribution in [-0.2, 0) is 9.59 Å². The van der Waals surface area contributed by atoms with Gasteiger partial charge in [-0.3, -0.25) is 19.4 Å². The van der Waals surface area contributed by atoms with Gasteiger partial charge in [0.15, 0.2) is 0 Å². The van der Waals surface area contributed by atoms with Crippen LogP contribution in [0.5, 0.6) is 0 Å². The van der Waals surface area contributed by atoms with E-state index in [1.54, 1.807) is 12.4 Å². The Morgan fingerprint density at radius 2 is 1.66 bits per heavy atom. The molecule has 8 heteroatoms. The number of nitrogens with zero attached hydrogens (tertiary/aromatic N) is 5. The zero-order valence-electron chi connectivity index (χ0n) is 17.0. The van der Waals surface area contributed by atoms with Crippen LogP contribution in [0.4, 0.5) is 5.95 Å². The summed E-state index contributed by atoms with van der Waals surface area (Å²) in [5.41, 5.74) is -0.272. The maximum atomic E-state index is 12.5. The van der Waals surface area contributed by atoms with Crippen LogP contribution in [0.15, 0.2) is 18.5 Å². The monoisotopic (exact) mass is 401 g/mol. The predicted molar refractivity (Wildman–Crippen MR) is 108 cm³/mol. The van der Waals surface area contributed by atoms with Crippen molar-refractivity contribution >= 4 is 17.8 Å². The van der Waals surface area contributed by atoms with Gasteiger partial charge >= 0.3 is 0 Å². The fraction of sp³-hybridized carbons (Fsp3) is 0.714. The molecule has 1 aliphatic carbocycles. The summed E-state index contributed by atoms with van der Waals surface area (Å²) in [5.74, 6) is 0.695. The largest absolute Gasteiger partial charge is 0.393 e. The van der Waals surface area contributed by atoms with E-state index < -0.39 is 0 Å². The third kappa shape index (κ3) is 4.75. The number of carbonyl (C=O) groups excluding carboxylic acids is 2. The van der Waals surface area contributed by atoms with Gasteiger partial charge < -0.3 is 10.0 Å². The summed E-state index contributed by atoms with van der Waals surface area (Å²) >= 11 is 0. The van der Waals surface area contributed by atoms with Gasteiger partial charge in [-0.15, -0.1) is 0 Å².